The molecule has 2 N–H and O–H groups in total. The summed E-state index contributed by atoms with van der Waals surface area (Å²) in [6.45, 7) is 5.84. The summed E-state index contributed by atoms with van der Waals surface area (Å²) in [6, 6.07) is 1.48. The molecular formula is C16H23ClN2O4. The van der Waals surface area contributed by atoms with Crippen molar-refractivity contribution in [3.05, 3.63) is 24.0 Å². The van der Waals surface area contributed by atoms with Gasteiger partial charge in [0.15, 0.2) is 0 Å². The van der Waals surface area contributed by atoms with Crippen LogP contribution in [-0.4, -0.2) is 52.4 Å². The highest BCUT2D eigenvalue weighted by Crippen LogP contribution is 2.32. The van der Waals surface area contributed by atoms with Gasteiger partial charge in [0.25, 0.3) is 0 Å². The van der Waals surface area contributed by atoms with Crippen LogP contribution in [0, 0.1) is 0 Å². The van der Waals surface area contributed by atoms with E-state index in [0.29, 0.717) is 17.7 Å². The molecule has 4 atom stereocenters. The van der Waals surface area contributed by atoms with Gasteiger partial charge < -0.3 is 19.9 Å². The number of hydrogen-bond donors (Lipinski definition) is 2. The van der Waals surface area contributed by atoms with Crippen LogP contribution >= 0.6 is 11.6 Å². The lowest BCUT2D eigenvalue weighted by molar-refractivity contribution is -0.0466. The second-order valence-corrected chi connectivity index (χ2v) is 6.29. The van der Waals surface area contributed by atoms with Crippen molar-refractivity contribution in [2.75, 3.05) is 11.9 Å². The Bertz CT molecular complexity index is 541. The maximum Gasteiger partial charge on any atom is 0.341 e. The molecule has 1 aliphatic rings. The number of carbonyl (C=O) groups excluding carboxylic acids is 1. The number of esters is 1. The molecule has 0 saturated heterocycles. The van der Waals surface area contributed by atoms with Crippen molar-refractivity contribution in [1.29, 1.82) is 0 Å². The smallest absolute Gasteiger partial charge is 0.341 e. The van der Waals surface area contributed by atoms with Crippen LogP contribution in [-0.2, 0) is 9.47 Å². The molecule has 1 aliphatic carbocycles. The molecular weight excluding hydrogens is 320 g/mol. The molecule has 7 heteroatoms. The molecule has 1 fully saturated rings. The van der Waals surface area contributed by atoms with Crippen molar-refractivity contribution in [3.8, 4) is 0 Å². The number of nitrogens with zero attached hydrogens (tertiary/aromatic N) is 1. The number of aromatic nitrogens is 1. The number of ether oxygens (including phenoxy) is 2. The number of aliphatic hydroxyl groups excluding tert-OH is 1. The minimum atomic E-state index is -0.648. The zero-order chi connectivity index (χ0) is 17.0. The standard InChI is InChI=1S/C16H23ClN2O4/c1-4-22-16(21)10-8-18-6-5-11(10)19-12-7-13(20)15(14(12)17)23-9(2)3/h5-6,8-9,12-15,20H,4,7H2,1-3H3,(H,18,19). The van der Waals surface area contributed by atoms with Crippen LogP contribution in [0.25, 0.3) is 0 Å². The van der Waals surface area contributed by atoms with E-state index in [9.17, 15) is 9.90 Å². The Kier molecular flexibility index (Phi) is 6.21. The number of anilines is 1. The fraction of sp³-hybridized carbons (Fsp3) is 0.625. The Hall–Kier alpha value is -1.37. The van der Waals surface area contributed by atoms with Gasteiger partial charge in [-0.05, 0) is 33.3 Å². The Morgan fingerprint density at radius 2 is 2.30 bits per heavy atom. The minimum absolute atomic E-state index is 0.0225. The molecule has 6 nitrogen and oxygen atoms in total. The van der Waals surface area contributed by atoms with E-state index in [1.165, 1.54) is 6.20 Å². The van der Waals surface area contributed by atoms with E-state index in [2.05, 4.69) is 10.3 Å². The average molecular weight is 343 g/mol. The van der Waals surface area contributed by atoms with Gasteiger partial charge in [0.1, 0.15) is 11.7 Å². The van der Waals surface area contributed by atoms with Gasteiger partial charge in [-0.1, -0.05) is 0 Å². The van der Waals surface area contributed by atoms with Crippen molar-refractivity contribution in [2.45, 2.75) is 56.9 Å². The highest BCUT2D eigenvalue weighted by atomic mass is 35.5. The van der Waals surface area contributed by atoms with Gasteiger partial charge in [-0.15, -0.1) is 11.6 Å². The predicted molar refractivity (Wildman–Crippen MR) is 87.9 cm³/mol. The molecule has 0 spiro atoms. The molecule has 2 rings (SSSR count). The molecule has 0 bridgehead atoms. The van der Waals surface area contributed by atoms with Crippen molar-refractivity contribution in [2.24, 2.45) is 0 Å². The third-order valence-corrected chi connectivity index (χ3v) is 4.21. The number of alkyl halides is 1. The Labute approximate surface area is 141 Å². The van der Waals surface area contributed by atoms with Crippen LogP contribution in [0.3, 0.4) is 0 Å². The summed E-state index contributed by atoms with van der Waals surface area (Å²) in [6.07, 6.45) is 2.37. The summed E-state index contributed by atoms with van der Waals surface area (Å²) in [5.74, 6) is -0.442. The first-order valence-electron chi connectivity index (χ1n) is 7.79. The van der Waals surface area contributed by atoms with Crippen LogP contribution in [0.5, 0.6) is 0 Å². The first-order chi connectivity index (χ1) is 10.9. The second-order valence-electron chi connectivity index (χ2n) is 5.79. The number of hydrogen-bond acceptors (Lipinski definition) is 6. The average Bonchev–Trinajstić information content (AvgIpc) is 2.75. The minimum Gasteiger partial charge on any atom is -0.462 e. The van der Waals surface area contributed by atoms with Gasteiger partial charge in [0.2, 0.25) is 0 Å². The summed E-state index contributed by atoms with van der Waals surface area (Å²) >= 11 is 6.45. The SMILES string of the molecule is CCOC(=O)c1cnccc1NC1CC(O)C(OC(C)C)C1Cl. The monoisotopic (exact) mass is 342 g/mol. The van der Waals surface area contributed by atoms with E-state index < -0.39 is 23.6 Å². The molecule has 1 aromatic heterocycles. The Balaban J connectivity index is 2.12. The normalized spacial score (nSPS) is 27.2. The van der Waals surface area contributed by atoms with Crippen molar-refractivity contribution in [3.63, 3.8) is 0 Å². The van der Waals surface area contributed by atoms with Gasteiger partial charge in [0, 0.05) is 18.4 Å². The van der Waals surface area contributed by atoms with Crippen molar-refractivity contribution >= 4 is 23.3 Å². The van der Waals surface area contributed by atoms with E-state index in [1.54, 1.807) is 19.2 Å². The van der Waals surface area contributed by atoms with E-state index in [-0.39, 0.29) is 18.8 Å². The third-order valence-electron chi connectivity index (χ3n) is 3.66. The number of rotatable bonds is 6. The fourth-order valence-electron chi connectivity index (χ4n) is 2.68. The Morgan fingerprint density at radius 1 is 1.57 bits per heavy atom. The lowest BCUT2D eigenvalue weighted by Gasteiger charge is -2.23. The first kappa shape index (κ1) is 18.0. The van der Waals surface area contributed by atoms with E-state index in [1.807, 2.05) is 13.8 Å². The van der Waals surface area contributed by atoms with Gasteiger partial charge in [-0.3, -0.25) is 4.98 Å². The molecule has 1 aromatic rings. The maximum atomic E-state index is 12.0. The number of pyridine rings is 1. The Morgan fingerprint density at radius 3 is 2.96 bits per heavy atom. The summed E-state index contributed by atoms with van der Waals surface area (Å²) < 4.78 is 10.7. The number of carbonyl (C=O) groups is 1. The molecule has 1 saturated carbocycles. The van der Waals surface area contributed by atoms with E-state index in [0.717, 1.165) is 0 Å². The highest BCUT2D eigenvalue weighted by molar-refractivity contribution is 6.22. The van der Waals surface area contributed by atoms with Gasteiger partial charge in [-0.25, -0.2) is 4.79 Å². The molecule has 128 valence electrons. The van der Waals surface area contributed by atoms with Crippen molar-refractivity contribution in [1.82, 2.24) is 4.98 Å². The predicted octanol–water partition coefficient (Wildman–Crippen LogP) is 2.20. The molecule has 0 amide bonds. The molecule has 1 heterocycles. The third kappa shape index (κ3) is 4.34. The molecule has 23 heavy (non-hydrogen) atoms. The first-order valence-corrected chi connectivity index (χ1v) is 8.23. The number of halogens is 1. The summed E-state index contributed by atoms with van der Waals surface area (Å²) in [7, 11) is 0. The van der Waals surface area contributed by atoms with Crippen molar-refractivity contribution < 1.29 is 19.4 Å². The highest BCUT2D eigenvalue weighted by Gasteiger charge is 2.43. The van der Waals surface area contributed by atoms with Crippen LogP contribution in [0.2, 0.25) is 0 Å². The summed E-state index contributed by atoms with van der Waals surface area (Å²) in [4.78, 5) is 15.9. The van der Waals surface area contributed by atoms with Gasteiger partial charge in [0.05, 0.1) is 29.9 Å². The molecule has 0 aromatic carbocycles. The van der Waals surface area contributed by atoms with Crippen LogP contribution in [0.15, 0.2) is 18.5 Å². The lowest BCUT2D eigenvalue weighted by Crippen LogP contribution is -2.35. The second kappa shape index (κ2) is 7.95. The van der Waals surface area contributed by atoms with Crippen LogP contribution in [0.4, 0.5) is 5.69 Å². The molecule has 0 aliphatic heterocycles. The van der Waals surface area contributed by atoms with Crippen LogP contribution in [0.1, 0.15) is 37.6 Å². The van der Waals surface area contributed by atoms with Crippen LogP contribution < -0.4 is 5.32 Å². The zero-order valence-electron chi connectivity index (χ0n) is 13.5. The quantitative estimate of drug-likeness (QED) is 0.609. The molecule has 0 radical (unpaired) electrons. The topological polar surface area (TPSA) is 80.7 Å². The lowest BCUT2D eigenvalue weighted by atomic mass is 10.2. The van der Waals surface area contributed by atoms with E-state index in [4.69, 9.17) is 21.1 Å². The van der Waals surface area contributed by atoms with Gasteiger partial charge in [-0.2, -0.15) is 0 Å². The number of nitrogens with one attached hydrogen (secondary N) is 1. The maximum absolute atomic E-state index is 12.0. The summed E-state index contributed by atoms with van der Waals surface area (Å²) in [5, 5.41) is 13.0. The fourth-order valence-corrected chi connectivity index (χ4v) is 3.07. The largest absolute Gasteiger partial charge is 0.462 e. The summed E-state index contributed by atoms with van der Waals surface area (Å²) in [5.41, 5.74) is 0.937. The van der Waals surface area contributed by atoms with Gasteiger partial charge >= 0.3 is 5.97 Å². The zero-order valence-corrected chi connectivity index (χ0v) is 14.3. The molecule has 4 unspecified atom stereocenters. The number of aliphatic hydroxyl groups is 1. The van der Waals surface area contributed by atoms with E-state index >= 15 is 0 Å².